The van der Waals surface area contributed by atoms with Crippen LogP contribution in [0.1, 0.15) is 149 Å². The van der Waals surface area contributed by atoms with Gasteiger partial charge in [-0.2, -0.15) is 0 Å². The molecule has 0 aromatic rings. The van der Waals surface area contributed by atoms with Crippen molar-refractivity contribution in [3.05, 3.63) is 0 Å². The molecule has 0 aromatic heterocycles. The highest BCUT2D eigenvalue weighted by Crippen LogP contribution is 2.45. The molecule has 1 aliphatic rings. The van der Waals surface area contributed by atoms with E-state index in [0.717, 1.165) is 11.8 Å². The normalized spacial score (nSPS) is 20.1. The molecular formula is C26H53N. The minimum absolute atomic E-state index is 0.473. The summed E-state index contributed by atoms with van der Waals surface area (Å²) in [6, 6.07) is 0.473. The topological polar surface area (TPSA) is 26.0 Å². The summed E-state index contributed by atoms with van der Waals surface area (Å²) in [5.74, 6) is 2.23. The molecule has 0 amide bonds. The van der Waals surface area contributed by atoms with Crippen LogP contribution in [0.25, 0.3) is 0 Å². The Hall–Kier alpha value is -0.0400. The van der Waals surface area contributed by atoms with Crippen molar-refractivity contribution >= 4 is 0 Å². The van der Waals surface area contributed by atoms with E-state index < -0.39 is 0 Å². The van der Waals surface area contributed by atoms with Gasteiger partial charge in [-0.15, -0.1) is 0 Å². The highest BCUT2D eigenvalue weighted by atomic mass is 14.6. The van der Waals surface area contributed by atoms with Gasteiger partial charge in [0.25, 0.3) is 0 Å². The van der Waals surface area contributed by atoms with Crippen molar-refractivity contribution in [3.63, 3.8) is 0 Å². The third kappa shape index (κ3) is 15.5. The summed E-state index contributed by atoms with van der Waals surface area (Å²) < 4.78 is 0. The van der Waals surface area contributed by atoms with E-state index in [0.29, 0.717) is 6.04 Å². The first-order valence-corrected chi connectivity index (χ1v) is 13.0. The molecule has 1 heteroatoms. The Labute approximate surface area is 172 Å². The largest absolute Gasteiger partial charge is 0.328 e. The molecule has 0 saturated heterocycles. The second-order valence-corrected chi connectivity index (χ2v) is 9.62. The van der Waals surface area contributed by atoms with Crippen molar-refractivity contribution in [2.45, 2.75) is 155 Å². The number of unbranched alkanes of at least 4 members (excludes halogenated alkanes) is 13. The molecule has 1 fully saturated rings. The van der Waals surface area contributed by atoms with Crippen molar-refractivity contribution < 1.29 is 0 Å². The van der Waals surface area contributed by atoms with Gasteiger partial charge >= 0.3 is 0 Å². The Morgan fingerprint density at radius 3 is 1.37 bits per heavy atom. The molecule has 1 nitrogen and oxygen atoms in total. The average molecular weight is 380 g/mol. The first-order valence-electron chi connectivity index (χ1n) is 13.0. The maximum absolute atomic E-state index is 6.27. The maximum Gasteiger partial charge on any atom is 0.00388 e. The lowest BCUT2D eigenvalue weighted by Gasteiger charge is -2.11. The van der Waals surface area contributed by atoms with Gasteiger partial charge in [0, 0.05) is 6.04 Å². The van der Waals surface area contributed by atoms with Crippen molar-refractivity contribution in [2.24, 2.45) is 17.6 Å². The van der Waals surface area contributed by atoms with E-state index in [4.69, 9.17) is 5.73 Å². The van der Waals surface area contributed by atoms with Crippen LogP contribution in [0.3, 0.4) is 0 Å². The zero-order chi connectivity index (χ0) is 19.6. The van der Waals surface area contributed by atoms with Gasteiger partial charge in [-0.25, -0.2) is 0 Å². The summed E-state index contributed by atoms with van der Waals surface area (Å²) in [7, 11) is 0. The molecule has 0 heterocycles. The van der Waals surface area contributed by atoms with Gasteiger partial charge < -0.3 is 5.73 Å². The molecule has 0 radical (unpaired) electrons. The minimum atomic E-state index is 0.473. The molecule has 1 saturated carbocycles. The molecule has 1 rings (SSSR count). The quantitative estimate of drug-likeness (QED) is 0.198. The average Bonchev–Trinajstić information content (AvgIpc) is 3.42. The zero-order valence-corrected chi connectivity index (χ0v) is 19.2. The summed E-state index contributed by atoms with van der Waals surface area (Å²) in [6.07, 6.45) is 29.9. The maximum atomic E-state index is 6.27. The lowest BCUT2D eigenvalue weighted by molar-refractivity contribution is 0.479. The summed E-state index contributed by atoms with van der Waals surface area (Å²) in [5.41, 5.74) is 6.27. The molecule has 0 aromatic carbocycles. The Morgan fingerprint density at radius 2 is 0.926 bits per heavy atom. The van der Waals surface area contributed by atoms with Gasteiger partial charge in [-0.1, -0.05) is 129 Å². The number of hydrogen-bond acceptors (Lipinski definition) is 1. The molecule has 1 unspecified atom stereocenters. The van der Waals surface area contributed by atoms with E-state index in [9.17, 15) is 0 Å². The third-order valence-electron chi connectivity index (χ3n) is 6.83. The van der Waals surface area contributed by atoms with Crippen molar-refractivity contribution in [3.8, 4) is 0 Å². The highest BCUT2D eigenvalue weighted by molar-refractivity contribution is 4.85. The fourth-order valence-corrected chi connectivity index (χ4v) is 4.70. The van der Waals surface area contributed by atoms with Crippen molar-refractivity contribution in [1.82, 2.24) is 0 Å². The number of rotatable bonds is 21. The molecule has 3 atom stereocenters. The van der Waals surface area contributed by atoms with Crippen molar-refractivity contribution in [1.29, 1.82) is 0 Å². The molecule has 2 N–H and O–H groups in total. The van der Waals surface area contributed by atoms with E-state index in [1.807, 2.05) is 0 Å². The first-order chi connectivity index (χ1) is 13.3. The van der Waals surface area contributed by atoms with Crippen LogP contribution in [0, 0.1) is 11.8 Å². The molecule has 0 bridgehead atoms. The Balaban J connectivity index is 1.76. The van der Waals surface area contributed by atoms with Gasteiger partial charge in [0.2, 0.25) is 0 Å². The predicted molar refractivity (Wildman–Crippen MR) is 123 cm³/mol. The van der Waals surface area contributed by atoms with Gasteiger partial charge in [-0.3, -0.25) is 0 Å². The first kappa shape index (κ1) is 25.0. The second-order valence-electron chi connectivity index (χ2n) is 9.62. The van der Waals surface area contributed by atoms with Gasteiger partial charge in [0.1, 0.15) is 0 Å². The van der Waals surface area contributed by atoms with Crippen LogP contribution in [0.4, 0.5) is 0 Å². The van der Waals surface area contributed by atoms with Gasteiger partial charge in [0.05, 0.1) is 0 Å². The van der Waals surface area contributed by atoms with Gasteiger partial charge in [0.15, 0.2) is 0 Å². The smallest absolute Gasteiger partial charge is 0.00388 e. The van der Waals surface area contributed by atoms with E-state index in [1.165, 1.54) is 128 Å². The molecule has 27 heavy (non-hydrogen) atoms. The molecule has 0 spiro atoms. The second kappa shape index (κ2) is 18.0. The zero-order valence-electron chi connectivity index (χ0n) is 19.2. The number of hydrogen-bond donors (Lipinski definition) is 1. The molecular weight excluding hydrogens is 326 g/mol. The standard InChI is InChI=1S/C26H53N/c1-3-5-7-9-12-15-19-24-23-25(24)20-16-13-10-14-18-22-26(27)21-17-11-8-6-4-2/h24-26H,3-23,27H2,1-2H3/t24-,25+,26?/m1/s1. The Morgan fingerprint density at radius 1 is 0.556 bits per heavy atom. The Kier molecular flexibility index (Phi) is 16.7. The minimum Gasteiger partial charge on any atom is -0.328 e. The predicted octanol–water partition coefficient (Wildman–Crippen LogP) is 8.79. The SMILES string of the molecule is CCCCCCCC[C@@H]1C[C@@H]1CCCCCCCC(N)CCCCCCC. The van der Waals surface area contributed by atoms with Crippen LogP contribution < -0.4 is 5.73 Å². The van der Waals surface area contributed by atoms with E-state index in [2.05, 4.69) is 13.8 Å². The fourth-order valence-electron chi connectivity index (χ4n) is 4.70. The van der Waals surface area contributed by atoms with Crippen LogP contribution in [-0.4, -0.2) is 6.04 Å². The van der Waals surface area contributed by atoms with Crippen LogP contribution >= 0.6 is 0 Å². The monoisotopic (exact) mass is 379 g/mol. The van der Waals surface area contributed by atoms with Crippen LogP contribution in [0.2, 0.25) is 0 Å². The highest BCUT2D eigenvalue weighted by Gasteiger charge is 2.34. The summed E-state index contributed by atoms with van der Waals surface area (Å²) >= 11 is 0. The lowest BCUT2D eigenvalue weighted by Crippen LogP contribution is -2.19. The van der Waals surface area contributed by atoms with Crippen LogP contribution in [0.5, 0.6) is 0 Å². The third-order valence-corrected chi connectivity index (χ3v) is 6.83. The molecule has 0 aliphatic heterocycles. The Bertz CT molecular complexity index is 301. The van der Waals surface area contributed by atoms with Gasteiger partial charge in [-0.05, 0) is 31.1 Å². The van der Waals surface area contributed by atoms with Crippen LogP contribution in [-0.2, 0) is 0 Å². The lowest BCUT2D eigenvalue weighted by atomic mass is 10.0. The van der Waals surface area contributed by atoms with E-state index >= 15 is 0 Å². The molecule has 1 aliphatic carbocycles. The molecule has 162 valence electrons. The van der Waals surface area contributed by atoms with Crippen molar-refractivity contribution in [2.75, 3.05) is 0 Å². The summed E-state index contributed by atoms with van der Waals surface area (Å²) in [6.45, 7) is 4.59. The van der Waals surface area contributed by atoms with Crippen LogP contribution in [0.15, 0.2) is 0 Å². The fraction of sp³-hybridized carbons (Fsp3) is 1.00. The summed E-state index contributed by atoms with van der Waals surface area (Å²) in [4.78, 5) is 0. The van der Waals surface area contributed by atoms with E-state index in [-0.39, 0.29) is 0 Å². The number of nitrogens with two attached hydrogens (primary N) is 1. The summed E-state index contributed by atoms with van der Waals surface area (Å²) in [5, 5.41) is 0. The van der Waals surface area contributed by atoms with E-state index in [1.54, 1.807) is 6.42 Å².